The van der Waals surface area contributed by atoms with Gasteiger partial charge in [0.05, 0.1) is 6.10 Å². The fraction of sp³-hybridized carbons (Fsp3) is 0.571. The molecule has 34 heavy (non-hydrogen) atoms. The Kier molecular flexibility index (Phi) is 6.38. The van der Waals surface area contributed by atoms with E-state index in [1.54, 1.807) is 6.08 Å². The Morgan fingerprint density at radius 1 is 0.971 bits per heavy atom. The molecular weight excluding hydrogens is 444 g/mol. The van der Waals surface area contributed by atoms with Gasteiger partial charge in [0.1, 0.15) is 11.4 Å². The molecule has 0 N–H and O–H groups in total. The van der Waals surface area contributed by atoms with Crippen molar-refractivity contribution in [1.82, 2.24) is 0 Å². The van der Waals surface area contributed by atoms with Crippen LogP contribution in [-0.2, 0) is 9.47 Å². The summed E-state index contributed by atoms with van der Waals surface area (Å²) in [5.74, 6) is -3.77. The monoisotopic (exact) mass is 476 g/mol. The number of benzene rings is 1. The van der Waals surface area contributed by atoms with E-state index in [2.05, 4.69) is 6.92 Å². The van der Waals surface area contributed by atoms with Gasteiger partial charge in [0.2, 0.25) is 0 Å². The molecule has 2 heterocycles. The van der Waals surface area contributed by atoms with Crippen molar-refractivity contribution in [2.75, 3.05) is 6.61 Å². The summed E-state index contributed by atoms with van der Waals surface area (Å²) in [7, 11) is 0. The molecule has 0 radical (unpaired) electrons. The van der Waals surface area contributed by atoms with Crippen molar-refractivity contribution in [1.29, 1.82) is 0 Å². The van der Waals surface area contributed by atoms with Crippen LogP contribution in [0.25, 0.3) is 5.57 Å². The summed E-state index contributed by atoms with van der Waals surface area (Å²) in [5, 5.41) is 0. The predicted octanol–water partition coefficient (Wildman–Crippen LogP) is 7.80. The smallest absolute Gasteiger partial charge is 0.194 e. The number of halogens is 4. The molecule has 184 valence electrons. The standard InChI is InChI=1S/C28H32F4O2/c1-3-4-17-5-8-24(33-15-17)18-9-11-28(12-10-18)21-7-6-20(25(31)27(34-28)16(21)2)19-13-22(29)26(32)23(30)14-19/h6-7,13-14,16-18,24H,3-5,8-12,15H2,1-2H3. The molecule has 2 saturated heterocycles. The summed E-state index contributed by atoms with van der Waals surface area (Å²) in [6.07, 6.45) is 12.0. The number of hydrogen-bond acceptors (Lipinski definition) is 2. The SMILES string of the molecule is CCCC1CCC(C2CCC3(CC2)OC2=C(F)C(c4cc(F)c(F)c(F)c4)=CC=C3C2C)OC1. The van der Waals surface area contributed by atoms with Crippen molar-refractivity contribution in [3.63, 3.8) is 0 Å². The molecule has 0 aromatic heterocycles. The third-order valence-corrected chi connectivity index (χ3v) is 8.33. The first-order valence-corrected chi connectivity index (χ1v) is 12.6. The molecule has 4 aliphatic rings. The Balaban J connectivity index is 1.34. The van der Waals surface area contributed by atoms with Gasteiger partial charge in [-0.3, -0.25) is 0 Å². The molecular formula is C28H32F4O2. The maximum Gasteiger partial charge on any atom is 0.194 e. The molecule has 3 atom stereocenters. The highest BCUT2D eigenvalue weighted by Crippen LogP contribution is 2.55. The van der Waals surface area contributed by atoms with Gasteiger partial charge in [-0.2, -0.15) is 0 Å². The fourth-order valence-corrected chi connectivity index (χ4v) is 6.44. The van der Waals surface area contributed by atoms with Gasteiger partial charge in [-0.05, 0) is 80.1 Å². The van der Waals surface area contributed by atoms with E-state index in [9.17, 15) is 13.2 Å². The van der Waals surface area contributed by atoms with Gasteiger partial charge in [-0.15, -0.1) is 0 Å². The first kappa shape index (κ1) is 23.7. The zero-order valence-corrected chi connectivity index (χ0v) is 19.8. The summed E-state index contributed by atoms with van der Waals surface area (Å²) in [6.45, 7) is 4.98. The lowest BCUT2D eigenvalue weighted by Crippen LogP contribution is -2.40. The van der Waals surface area contributed by atoms with E-state index in [0.29, 0.717) is 17.9 Å². The van der Waals surface area contributed by atoms with Crippen LogP contribution >= 0.6 is 0 Å². The van der Waals surface area contributed by atoms with Crippen molar-refractivity contribution in [3.05, 3.63) is 64.5 Å². The van der Waals surface area contributed by atoms with E-state index in [1.165, 1.54) is 19.3 Å². The normalized spacial score (nSPS) is 33.5. The van der Waals surface area contributed by atoms with Gasteiger partial charge in [0.25, 0.3) is 0 Å². The maximum atomic E-state index is 15.6. The molecule has 1 spiro atoms. The molecule has 0 amide bonds. The molecule has 2 aliphatic carbocycles. The van der Waals surface area contributed by atoms with Gasteiger partial charge in [-0.1, -0.05) is 32.4 Å². The van der Waals surface area contributed by atoms with Crippen LogP contribution in [0.4, 0.5) is 17.6 Å². The number of hydrogen-bond donors (Lipinski definition) is 0. The van der Waals surface area contributed by atoms with Crippen LogP contribution in [0.1, 0.15) is 70.8 Å². The second-order valence-electron chi connectivity index (χ2n) is 10.4. The van der Waals surface area contributed by atoms with Gasteiger partial charge >= 0.3 is 0 Å². The molecule has 2 nitrogen and oxygen atoms in total. The number of rotatable bonds is 4. The summed E-state index contributed by atoms with van der Waals surface area (Å²) in [6, 6.07) is 1.64. The Morgan fingerprint density at radius 3 is 2.29 bits per heavy atom. The molecule has 6 heteroatoms. The van der Waals surface area contributed by atoms with Crippen LogP contribution in [-0.4, -0.2) is 18.3 Å². The second kappa shape index (κ2) is 9.18. The molecule has 3 fully saturated rings. The minimum atomic E-state index is -1.56. The second-order valence-corrected chi connectivity index (χ2v) is 10.4. The Morgan fingerprint density at radius 2 is 1.68 bits per heavy atom. The van der Waals surface area contributed by atoms with Crippen LogP contribution in [0, 0.1) is 35.2 Å². The largest absolute Gasteiger partial charge is 0.484 e. The number of fused-ring (bicyclic) bond motifs is 3. The number of ether oxygens (including phenoxy) is 2. The Hall–Kier alpha value is -2.08. The van der Waals surface area contributed by atoms with Crippen LogP contribution in [0.2, 0.25) is 0 Å². The summed E-state index contributed by atoms with van der Waals surface area (Å²) in [4.78, 5) is 0. The minimum absolute atomic E-state index is 0.00965. The van der Waals surface area contributed by atoms with Crippen LogP contribution < -0.4 is 0 Å². The molecule has 2 bridgehead atoms. The molecule has 1 aromatic rings. The Bertz CT molecular complexity index is 1020. The fourth-order valence-electron chi connectivity index (χ4n) is 6.44. The molecule has 1 saturated carbocycles. The average Bonchev–Trinajstić information content (AvgIpc) is 3.02. The lowest BCUT2D eigenvalue weighted by molar-refractivity contribution is -0.0748. The first-order chi connectivity index (χ1) is 16.3. The predicted molar refractivity (Wildman–Crippen MR) is 123 cm³/mol. The number of allylic oxidation sites excluding steroid dienone is 5. The van der Waals surface area contributed by atoms with E-state index < -0.39 is 28.9 Å². The highest BCUT2D eigenvalue weighted by atomic mass is 19.2. The lowest BCUT2D eigenvalue weighted by atomic mass is 9.71. The van der Waals surface area contributed by atoms with Crippen LogP contribution in [0.5, 0.6) is 0 Å². The lowest BCUT2D eigenvalue weighted by Gasteiger charge is -2.42. The van der Waals surface area contributed by atoms with Crippen molar-refractivity contribution in [3.8, 4) is 0 Å². The summed E-state index contributed by atoms with van der Waals surface area (Å²) < 4.78 is 69.2. The molecule has 1 aromatic carbocycles. The zero-order valence-electron chi connectivity index (χ0n) is 19.8. The third-order valence-electron chi connectivity index (χ3n) is 8.33. The summed E-state index contributed by atoms with van der Waals surface area (Å²) in [5.41, 5.74) is 0.427. The Labute approximate surface area is 198 Å². The maximum absolute atomic E-state index is 15.6. The van der Waals surface area contributed by atoms with Crippen molar-refractivity contribution in [2.24, 2.45) is 17.8 Å². The zero-order chi connectivity index (χ0) is 24.0. The van der Waals surface area contributed by atoms with E-state index in [1.807, 2.05) is 13.0 Å². The first-order valence-electron chi connectivity index (χ1n) is 12.6. The van der Waals surface area contributed by atoms with Gasteiger partial charge in [-0.25, -0.2) is 17.6 Å². The highest BCUT2D eigenvalue weighted by molar-refractivity contribution is 5.80. The quantitative estimate of drug-likeness (QED) is 0.326. The molecule has 3 unspecified atom stereocenters. The van der Waals surface area contributed by atoms with Crippen molar-refractivity contribution in [2.45, 2.75) is 76.9 Å². The van der Waals surface area contributed by atoms with Gasteiger partial charge in [0, 0.05) is 18.1 Å². The summed E-state index contributed by atoms with van der Waals surface area (Å²) >= 11 is 0. The average molecular weight is 477 g/mol. The van der Waals surface area contributed by atoms with Crippen LogP contribution in [0.3, 0.4) is 0 Å². The molecule has 2 aliphatic heterocycles. The van der Waals surface area contributed by atoms with E-state index >= 15 is 4.39 Å². The third kappa shape index (κ3) is 4.02. The van der Waals surface area contributed by atoms with Crippen molar-refractivity contribution >= 4 is 5.57 Å². The topological polar surface area (TPSA) is 18.5 Å². The van der Waals surface area contributed by atoms with Gasteiger partial charge < -0.3 is 9.47 Å². The van der Waals surface area contributed by atoms with E-state index in [0.717, 1.165) is 56.4 Å². The minimum Gasteiger partial charge on any atom is -0.484 e. The van der Waals surface area contributed by atoms with Crippen LogP contribution in [0.15, 0.2) is 41.4 Å². The van der Waals surface area contributed by atoms with Crippen molar-refractivity contribution < 1.29 is 27.0 Å². The van der Waals surface area contributed by atoms with E-state index in [-0.39, 0.29) is 22.8 Å². The molecule has 5 rings (SSSR count). The van der Waals surface area contributed by atoms with E-state index in [4.69, 9.17) is 9.47 Å². The van der Waals surface area contributed by atoms with Gasteiger partial charge in [0.15, 0.2) is 23.3 Å². The highest BCUT2D eigenvalue weighted by Gasteiger charge is 2.51.